The molecule has 0 saturated heterocycles. The highest BCUT2D eigenvalue weighted by Gasteiger charge is 2.01. The van der Waals surface area contributed by atoms with Gasteiger partial charge in [-0.3, -0.25) is 0 Å². The van der Waals surface area contributed by atoms with Gasteiger partial charge in [-0.1, -0.05) is 23.7 Å². The van der Waals surface area contributed by atoms with Crippen molar-refractivity contribution in [2.24, 2.45) is 0 Å². The van der Waals surface area contributed by atoms with Crippen molar-refractivity contribution in [3.8, 4) is 0 Å². The van der Waals surface area contributed by atoms with E-state index >= 15 is 0 Å². The summed E-state index contributed by atoms with van der Waals surface area (Å²) in [6.45, 7) is 1.85. The minimum atomic E-state index is -0.0753. The van der Waals surface area contributed by atoms with Crippen LogP contribution < -0.4 is 5.48 Å². The first-order chi connectivity index (χ1) is 5.24. The number of benzene rings is 1. The van der Waals surface area contributed by atoms with Crippen molar-refractivity contribution in [1.82, 2.24) is 5.48 Å². The lowest BCUT2D eigenvalue weighted by Crippen LogP contribution is -2.12. The Bertz CT molecular complexity index is 239. The van der Waals surface area contributed by atoms with E-state index in [9.17, 15) is 0 Å². The van der Waals surface area contributed by atoms with Gasteiger partial charge in [-0.05, 0) is 24.6 Å². The zero-order chi connectivity index (χ0) is 8.27. The average molecular weight is 172 g/mol. The molecule has 2 N–H and O–H groups in total. The van der Waals surface area contributed by atoms with Crippen molar-refractivity contribution in [2.45, 2.75) is 13.0 Å². The van der Waals surface area contributed by atoms with Gasteiger partial charge in [-0.15, -0.1) is 0 Å². The maximum atomic E-state index is 8.59. The van der Waals surface area contributed by atoms with E-state index in [2.05, 4.69) is 5.48 Å². The Morgan fingerprint density at radius 1 is 1.55 bits per heavy atom. The van der Waals surface area contributed by atoms with E-state index in [1.807, 2.05) is 25.1 Å². The third-order valence-electron chi connectivity index (χ3n) is 1.54. The Hall–Kier alpha value is -0.570. The summed E-state index contributed by atoms with van der Waals surface area (Å²) >= 11 is 5.74. The smallest absolute Gasteiger partial charge is 0.0541 e. The SMILES string of the molecule is C[C@@H](NO)c1cccc(Cl)c1. The van der Waals surface area contributed by atoms with Crippen LogP contribution in [0.15, 0.2) is 24.3 Å². The molecule has 1 aromatic rings. The monoisotopic (exact) mass is 171 g/mol. The molecule has 0 aliphatic heterocycles. The maximum Gasteiger partial charge on any atom is 0.0541 e. The van der Waals surface area contributed by atoms with Gasteiger partial charge in [0.25, 0.3) is 0 Å². The van der Waals surface area contributed by atoms with E-state index in [0.29, 0.717) is 5.02 Å². The topological polar surface area (TPSA) is 32.3 Å². The summed E-state index contributed by atoms with van der Waals surface area (Å²) in [5.74, 6) is 0. The minimum Gasteiger partial charge on any atom is -0.316 e. The second kappa shape index (κ2) is 3.72. The van der Waals surface area contributed by atoms with Crippen LogP contribution in [0.5, 0.6) is 0 Å². The van der Waals surface area contributed by atoms with Crippen molar-refractivity contribution in [2.75, 3.05) is 0 Å². The number of hydrogen-bond acceptors (Lipinski definition) is 2. The van der Waals surface area contributed by atoms with E-state index in [0.717, 1.165) is 5.56 Å². The highest BCUT2D eigenvalue weighted by molar-refractivity contribution is 6.30. The van der Waals surface area contributed by atoms with Gasteiger partial charge in [-0.2, -0.15) is 5.48 Å². The van der Waals surface area contributed by atoms with Gasteiger partial charge in [-0.25, -0.2) is 0 Å². The molecule has 0 aromatic heterocycles. The highest BCUT2D eigenvalue weighted by atomic mass is 35.5. The Morgan fingerprint density at radius 3 is 2.82 bits per heavy atom. The number of rotatable bonds is 2. The van der Waals surface area contributed by atoms with E-state index in [1.165, 1.54) is 0 Å². The quantitative estimate of drug-likeness (QED) is 0.670. The number of hydroxylamine groups is 1. The predicted octanol–water partition coefficient (Wildman–Crippen LogP) is 2.38. The summed E-state index contributed by atoms with van der Waals surface area (Å²) in [6.07, 6.45) is 0. The van der Waals surface area contributed by atoms with Gasteiger partial charge in [0, 0.05) is 5.02 Å². The Balaban J connectivity index is 2.86. The summed E-state index contributed by atoms with van der Waals surface area (Å²) in [5.41, 5.74) is 3.12. The molecule has 0 fully saturated rings. The van der Waals surface area contributed by atoms with Gasteiger partial charge in [0.2, 0.25) is 0 Å². The summed E-state index contributed by atoms with van der Waals surface area (Å²) in [7, 11) is 0. The van der Waals surface area contributed by atoms with Crippen LogP contribution in [0.25, 0.3) is 0 Å². The Labute approximate surface area is 70.8 Å². The lowest BCUT2D eigenvalue weighted by Gasteiger charge is -2.08. The average Bonchev–Trinajstić information content (AvgIpc) is 2.03. The molecule has 1 atom stereocenters. The molecule has 60 valence electrons. The first kappa shape index (κ1) is 8.53. The molecule has 0 aliphatic carbocycles. The molecule has 2 nitrogen and oxygen atoms in total. The molecule has 1 rings (SSSR count). The number of nitrogens with one attached hydrogen (secondary N) is 1. The zero-order valence-electron chi connectivity index (χ0n) is 6.21. The molecule has 0 saturated carbocycles. The van der Waals surface area contributed by atoms with Crippen molar-refractivity contribution < 1.29 is 5.21 Å². The summed E-state index contributed by atoms with van der Waals surface area (Å²) < 4.78 is 0. The van der Waals surface area contributed by atoms with Crippen LogP contribution in [0, 0.1) is 0 Å². The summed E-state index contributed by atoms with van der Waals surface area (Å²) in [5, 5.41) is 9.27. The number of halogens is 1. The van der Waals surface area contributed by atoms with Crippen molar-refractivity contribution in [3.63, 3.8) is 0 Å². The van der Waals surface area contributed by atoms with Gasteiger partial charge < -0.3 is 5.21 Å². The van der Waals surface area contributed by atoms with Crippen LogP contribution in [0.3, 0.4) is 0 Å². The lowest BCUT2D eigenvalue weighted by molar-refractivity contribution is 0.133. The van der Waals surface area contributed by atoms with E-state index in [-0.39, 0.29) is 6.04 Å². The molecule has 11 heavy (non-hydrogen) atoms. The van der Waals surface area contributed by atoms with E-state index in [1.54, 1.807) is 6.07 Å². The molecule has 0 unspecified atom stereocenters. The van der Waals surface area contributed by atoms with Crippen LogP contribution in [0.4, 0.5) is 0 Å². The first-order valence-electron chi connectivity index (χ1n) is 3.39. The van der Waals surface area contributed by atoms with Crippen LogP contribution in [0.2, 0.25) is 5.02 Å². The standard InChI is InChI=1S/C8H10ClNO/c1-6(10-11)7-3-2-4-8(9)5-7/h2-6,10-11H,1H3/t6-/m1/s1. The van der Waals surface area contributed by atoms with Crippen molar-refractivity contribution in [3.05, 3.63) is 34.9 Å². The van der Waals surface area contributed by atoms with Crippen LogP contribution in [-0.4, -0.2) is 5.21 Å². The van der Waals surface area contributed by atoms with E-state index < -0.39 is 0 Å². The maximum absolute atomic E-state index is 8.59. The fraction of sp³-hybridized carbons (Fsp3) is 0.250. The minimum absolute atomic E-state index is 0.0753. The normalized spacial score (nSPS) is 13.0. The fourth-order valence-electron chi connectivity index (χ4n) is 0.850. The van der Waals surface area contributed by atoms with Crippen molar-refractivity contribution >= 4 is 11.6 Å². The Kier molecular flexibility index (Phi) is 2.88. The van der Waals surface area contributed by atoms with Crippen molar-refractivity contribution in [1.29, 1.82) is 0 Å². The van der Waals surface area contributed by atoms with E-state index in [4.69, 9.17) is 16.8 Å². The second-order valence-corrected chi connectivity index (χ2v) is 2.84. The van der Waals surface area contributed by atoms with Gasteiger partial charge >= 0.3 is 0 Å². The van der Waals surface area contributed by atoms with Gasteiger partial charge in [0.1, 0.15) is 0 Å². The molecule has 0 radical (unpaired) electrons. The number of hydrogen-bond donors (Lipinski definition) is 2. The molecular weight excluding hydrogens is 162 g/mol. The second-order valence-electron chi connectivity index (χ2n) is 2.41. The summed E-state index contributed by atoms with van der Waals surface area (Å²) in [6, 6.07) is 7.30. The highest BCUT2D eigenvalue weighted by Crippen LogP contribution is 2.16. The third kappa shape index (κ3) is 2.19. The molecule has 0 spiro atoms. The largest absolute Gasteiger partial charge is 0.316 e. The van der Waals surface area contributed by atoms with Crippen LogP contribution in [0.1, 0.15) is 18.5 Å². The molecule has 0 amide bonds. The summed E-state index contributed by atoms with van der Waals surface area (Å²) in [4.78, 5) is 0. The predicted molar refractivity (Wildman–Crippen MR) is 44.8 cm³/mol. The van der Waals surface area contributed by atoms with Gasteiger partial charge in [0.05, 0.1) is 6.04 Å². The molecule has 0 bridgehead atoms. The fourth-order valence-corrected chi connectivity index (χ4v) is 1.05. The first-order valence-corrected chi connectivity index (χ1v) is 3.77. The molecular formula is C8H10ClNO. The molecule has 0 heterocycles. The molecule has 1 aromatic carbocycles. The van der Waals surface area contributed by atoms with Crippen LogP contribution in [-0.2, 0) is 0 Å². The zero-order valence-corrected chi connectivity index (χ0v) is 6.97. The third-order valence-corrected chi connectivity index (χ3v) is 1.78. The Morgan fingerprint density at radius 2 is 2.27 bits per heavy atom. The molecule has 0 aliphatic rings. The van der Waals surface area contributed by atoms with Gasteiger partial charge in [0.15, 0.2) is 0 Å². The van der Waals surface area contributed by atoms with Crippen LogP contribution >= 0.6 is 11.6 Å². The molecule has 3 heteroatoms. The lowest BCUT2D eigenvalue weighted by atomic mass is 10.1.